The molecule has 2 aliphatic heterocycles. The number of carbonyl (C=O) groups excluding carboxylic acids is 1. The predicted octanol–water partition coefficient (Wildman–Crippen LogP) is 1.54. The highest BCUT2D eigenvalue weighted by atomic mass is 16.5. The molecule has 0 saturated carbocycles. The van der Waals surface area contributed by atoms with Crippen LogP contribution in [0.2, 0.25) is 0 Å². The van der Waals surface area contributed by atoms with Gasteiger partial charge in [-0.15, -0.1) is 0 Å². The maximum atomic E-state index is 12.3. The zero-order chi connectivity index (χ0) is 14.1. The highest BCUT2D eigenvalue weighted by Gasteiger charge is 2.35. The van der Waals surface area contributed by atoms with Gasteiger partial charge >= 0.3 is 6.03 Å². The number of nitrogens with zero attached hydrogens (tertiary/aromatic N) is 2. The number of fused-ring (bicyclic) bond motifs is 2. The Morgan fingerprint density at radius 2 is 1.95 bits per heavy atom. The fourth-order valence-corrected chi connectivity index (χ4v) is 2.99. The Bertz CT molecular complexity index is 488. The van der Waals surface area contributed by atoms with Gasteiger partial charge in [0.15, 0.2) is 0 Å². The van der Waals surface area contributed by atoms with Crippen molar-refractivity contribution in [2.45, 2.75) is 19.1 Å². The number of carbonyl (C=O) groups is 1. The van der Waals surface area contributed by atoms with Crippen LogP contribution in [-0.4, -0.2) is 61.3 Å². The van der Waals surface area contributed by atoms with Crippen LogP contribution in [0.3, 0.4) is 0 Å². The monoisotopic (exact) mass is 275 g/mol. The minimum absolute atomic E-state index is 0.0292. The SMILES string of the molecule is Cc1cccc(NC(=O)N2C[C@H]3CN(C)C[C@@H](C2)O3)c1. The molecule has 0 radical (unpaired) electrons. The molecule has 2 fully saturated rings. The highest BCUT2D eigenvalue weighted by Crippen LogP contribution is 2.19. The highest BCUT2D eigenvalue weighted by molar-refractivity contribution is 5.89. The molecule has 5 heteroatoms. The maximum Gasteiger partial charge on any atom is 0.322 e. The zero-order valence-corrected chi connectivity index (χ0v) is 12.0. The van der Waals surface area contributed by atoms with Crippen molar-refractivity contribution < 1.29 is 9.53 Å². The van der Waals surface area contributed by atoms with Gasteiger partial charge in [0, 0.05) is 31.9 Å². The van der Waals surface area contributed by atoms with Gasteiger partial charge in [-0.05, 0) is 31.7 Å². The van der Waals surface area contributed by atoms with Gasteiger partial charge in [-0.3, -0.25) is 0 Å². The van der Waals surface area contributed by atoms with Gasteiger partial charge in [0.2, 0.25) is 0 Å². The molecule has 2 atom stereocenters. The Hall–Kier alpha value is -1.59. The van der Waals surface area contributed by atoms with Crippen LogP contribution in [0.5, 0.6) is 0 Å². The van der Waals surface area contributed by atoms with Crippen LogP contribution in [0.4, 0.5) is 10.5 Å². The van der Waals surface area contributed by atoms with Crippen molar-refractivity contribution in [1.29, 1.82) is 0 Å². The van der Waals surface area contributed by atoms with Crippen molar-refractivity contribution in [3.05, 3.63) is 29.8 Å². The van der Waals surface area contributed by atoms with Crippen LogP contribution in [0.15, 0.2) is 24.3 Å². The summed E-state index contributed by atoms with van der Waals surface area (Å²) in [6.07, 6.45) is 0.270. The molecule has 2 bridgehead atoms. The summed E-state index contributed by atoms with van der Waals surface area (Å²) in [7, 11) is 2.10. The first kappa shape index (κ1) is 13.4. The number of amides is 2. The first-order chi connectivity index (χ1) is 9.60. The van der Waals surface area contributed by atoms with Crippen molar-refractivity contribution >= 4 is 11.7 Å². The first-order valence-electron chi connectivity index (χ1n) is 7.07. The number of benzene rings is 1. The van der Waals surface area contributed by atoms with Crippen LogP contribution < -0.4 is 5.32 Å². The fraction of sp³-hybridized carbons (Fsp3) is 0.533. The summed E-state index contributed by atoms with van der Waals surface area (Å²) in [6.45, 7) is 5.14. The molecule has 2 saturated heterocycles. The second kappa shape index (κ2) is 5.42. The molecular weight excluding hydrogens is 254 g/mol. The van der Waals surface area contributed by atoms with E-state index in [0.29, 0.717) is 13.1 Å². The summed E-state index contributed by atoms with van der Waals surface area (Å²) < 4.78 is 5.88. The quantitative estimate of drug-likeness (QED) is 0.845. The lowest BCUT2D eigenvalue weighted by Gasteiger charge is -2.44. The minimum atomic E-state index is -0.0292. The number of hydrogen-bond donors (Lipinski definition) is 1. The second-order valence-corrected chi connectivity index (χ2v) is 5.81. The van der Waals surface area contributed by atoms with Crippen LogP contribution in [0.1, 0.15) is 5.56 Å². The van der Waals surface area contributed by atoms with Gasteiger partial charge in [-0.1, -0.05) is 12.1 Å². The number of nitrogens with one attached hydrogen (secondary N) is 1. The standard InChI is InChI=1S/C15H21N3O2/c1-11-4-3-5-12(6-11)16-15(19)18-9-13-7-17(2)8-14(10-18)20-13/h3-6,13-14H,7-10H2,1-2H3,(H,16,19)/t13-,14+. The van der Waals surface area contributed by atoms with E-state index in [4.69, 9.17) is 4.74 Å². The Balaban J connectivity index is 1.63. The first-order valence-corrected chi connectivity index (χ1v) is 7.07. The van der Waals surface area contributed by atoms with Gasteiger partial charge < -0.3 is 19.9 Å². The molecule has 3 rings (SSSR count). The molecule has 108 valence electrons. The van der Waals surface area contributed by atoms with E-state index in [2.05, 4.69) is 17.3 Å². The fourth-order valence-electron chi connectivity index (χ4n) is 2.99. The molecule has 2 amide bonds. The number of anilines is 1. The number of likely N-dealkylation sites (N-methyl/N-ethyl adjacent to an activating group) is 1. The van der Waals surface area contributed by atoms with Crippen molar-refractivity contribution in [2.24, 2.45) is 0 Å². The normalized spacial score (nSPS) is 26.4. The average Bonchev–Trinajstić information content (AvgIpc) is 2.37. The molecule has 0 spiro atoms. The van der Waals surface area contributed by atoms with Crippen molar-refractivity contribution in [1.82, 2.24) is 9.80 Å². The lowest BCUT2D eigenvalue weighted by Crippen LogP contribution is -2.60. The molecule has 20 heavy (non-hydrogen) atoms. The van der Waals surface area contributed by atoms with Gasteiger partial charge in [-0.25, -0.2) is 4.79 Å². The summed E-state index contributed by atoms with van der Waals surface area (Å²) >= 11 is 0. The average molecular weight is 275 g/mol. The van der Waals surface area contributed by atoms with Crippen molar-refractivity contribution in [3.8, 4) is 0 Å². The Kier molecular flexibility index (Phi) is 3.63. The minimum Gasteiger partial charge on any atom is -0.369 e. The van der Waals surface area contributed by atoms with E-state index < -0.39 is 0 Å². The lowest BCUT2D eigenvalue weighted by molar-refractivity contribution is -0.122. The van der Waals surface area contributed by atoms with E-state index in [1.165, 1.54) is 0 Å². The van der Waals surface area contributed by atoms with Gasteiger partial charge in [0.05, 0.1) is 12.2 Å². The molecule has 1 aromatic rings. The summed E-state index contributed by atoms with van der Waals surface area (Å²) in [5.41, 5.74) is 1.99. The maximum absolute atomic E-state index is 12.3. The molecule has 2 heterocycles. The van der Waals surface area contributed by atoms with E-state index in [0.717, 1.165) is 24.3 Å². The molecular formula is C15H21N3O2. The smallest absolute Gasteiger partial charge is 0.322 e. The van der Waals surface area contributed by atoms with Gasteiger partial charge in [0.1, 0.15) is 0 Å². The number of urea groups is 1. The molecule has 0 unspecified atom stereocenters. The van der Waals surface area contributed by atoms with Crippen molar-refractivity contribution in [3.63, 3.8) is 0 Å². The van der Waals surface area contributed by atoms with E-state index in [9.17, 15) is 4.79 Å². The van der Waals surface area contributed by atoms with Crippen LogP contribution >= 0.6 is 0 Å². The zero-order valence-electron chi connectivity index (χ0n) is 12.0. The summed E-state index contributed by atoms with van der Waals surface area (Å²) in [4.78, 5) is 16.5. The molecule has 1 aromatic carbocycles. The Labute approximate surface area is 119 Å². The number of rotatable bonds is 1. The molecule has 5 nitrogen and oxygen atoms in total. The van der Waals surface area contributed by atoms with Crippen LogP contribution in [0.25, 0.3) is 0 Å². The predicted molar refractivity (Wildman–Crippen MR) is 77.9 cm³/mol. The summed E-state index contributed by atoms with van der Waals surface area (Å²) in [6, 6.07) is 7.84. The molecule has 0 aromatic heterocycles. The number of hydrogen-bond acceptors (Lipinski definition) is 3. The van der Waals surface area contributed by atoms with E-state index >= 15 is 0 Å². The third-order valence-corrected chi connectivity index (χ3v) is 3.82. The Morgan fingerprint density at radius 3 is 2.60 bits per heavy atom. The van der Waals surface area contributed by atoms with Crippen LogP contribution in [-0.2, 0) is 4.74 Å². The van der Waals surface area contributed by atoms with E-state index in [1.54, 1.807) is 0 Å². The Morgan fingerprint density at radius 1 is 1.25 bits per heavy atom. The second-order valence-electron chi connectivity index (χ2n) is 5.81. The van der Waals surface area contributed by atoms with Crippen molar-refractivity contribution in [2.75, 3.05) is 38.5 Å². The molecule has 2 aliphatic rings. The number of aryl methyl sites for hydroxylation is 1. The number of ether oxygens (including phenoxy) is 1. The van der Waals surface area contributed by atoms with E-state index in [-0.39, 0.29) is 18.2 Å². The van der Waals surface area contributed by atoms with Crippen LogP contribution in [0, 0.1) is 6.92 Å². The van der Waals surface area contributed by atoms with Gasteiger partial charge in [-0.2, -0.15) is 0 Å². The third kappa shape index (κ3) is 2.94. The topological polar surface area (TPSA) is 44.8 Å². The third-order valence-electron chi connectivity index (χ3n) is 3.82. The summed E-state index contributed by atoms with van der Waals surface area (Å²) in [5, 5.41) is 2.97. The van der Waals surface area contributed by atoms with Gasteiger partial charge in [0.25, 0.3) is 0 Å². The summed E-state index contributed by atoms with van der Waals surface area (Å²) in [5.74, 6) is 0. The van der Waals surface area contributed by atoms with E-state index in [1.807, 2.05) is 36.1 Å². The lowest BCUT2D eigenvalue weighted by atomic mass is 10.1. The molecule has 1 N–H and O–H groups in total. The number of morpholine rings is 2. The largest absolute Gasteiger partial charge is 0.369 e. The molecule has 0 aliphatic carbocycles.